The Bertz CT molecular complexity index is 882. The Morgan fingerprint density at radius 1 is 0.963 bits per heavy atom. The van der Waals surface area contributed by atoms with Crippen LogP contribution in [0.15, 0.2) is 48.8 Å². The first-order valence-corrected chi connectivity index (χ1v) is 9.69. The van der Waals surface area contributed by atoms with Crippen molar-refractivity contribution in [2.75, 3.05) is 0 Å². The van der Waals surface area contributed by atoms with Crippen LogP contribution in [0.1, 0.15) is 46.2 Å². The van der Waals surface area contributed by atoms with E-state index in [4.69, 9.17) is 11.6 Å². The van der Waals surface area contributed by atoms with Gasteiger partial charge in [0.25, 0.3) is 0 Å². The fourth-order valence-corrected chi connectivity index (χ4v) is 3.65. The van der Waals surface area contributed by atoms with E-state index >= 15 is 0 Å². The van der Waals surface area contributed by atoms with Crippen molar-refractivity contribution in [3.05, 3.63) is 59.5 Å². The molecule has 0 amide bonds. The Balaban J connectivity index is 2.14. The van der Waals surface area contributed by atoms with E-state index in [1.807, 2.05) is 48.8 Å². The molecule has 1 unspecified atom stereocenters. The summed E-state index contributed by atoms with van der Waals surface area (Å²) in [4.78, 5) is 4.17. The number of hydrogen-bond donors (Lipinski definition) is 2. The topological polar surface area (TPSA) is 53.6 Å². The van der Waals surface area contributed by atoms with E-state index < -0.39 is 0 Å². The van der Waals surface area contributed by atoms with Gasteiger partial charge in [-0.2, -0.15) is 5.10 Å². The standard InChI is InChI=1S/C22H27ClN4/c1-14(2)25-22(4,5)15(3)20-19(16-10-12-24-13-11-16)21(27-26-20)17-6-8-18(23)9-7-17/h6-15,25H,1-5H3,(H,26,27). The van der Waals surface area contributed by atoms with Crippen molar-refractivity contribution in [3.63, 3.8) is 0 Å². The van der Waals surface area contributed by atoms with Gasteiger partial charge in [0, 0.05) is 51.7 Å². The fraction of sp³-hybridized carbons (Fsp3) is 0.364. The second-order valence-corrected chi connectivity index (χ2v) is 8.28. The first-order chi connectivity index (χ1) is 12.8. The van der Waals surface area contributed by atoms with Gasteiger partial charge in [0.05, 0.1) is 0 Å². The molecule has 5 heteroatoms. The molecule has 0 saturated carbocycles. The molecular weight excluding hydrogens is 356 g/mol. The van der Waals surface area contributed by atoms with Crippen LogP contribution >= 0.6 is 11.6 Å². The van der Waals surface area contributed by atoms with Crippen molar-refractivity contribution in [1.82, 2.24) is 20.5 Å². The Labute approximate surface area is 166 Å². The molecule has 0 aliphatic carbocycles. The second kappa shape index (κ2) is 7.83. The number of H-pyrrole nitrogens is 1. The predicted molar refractivity (Wildman–Crippen MR) is 113 cm³/mol. The molecule has 1 atom stereocenters. The van der Waals surface area contributed by atoms with E-state index in [1.165, 1.54) is 0 Å². The Morgan fingerprint density at radius 3 is 2.19 bits per heavy atom. The van der Waals surface area contributed by atoms with Crippen LogP contribution in [0, 0.1) is 0 Å². The minimum atomic E-state index is -0.0975. The van der Waals surface area contributed by atoms with Gasteiger partial charge in [0.1, 0.15) is 5.69 Å². The van der Waals surface area contributed by atoms with Crippen LogP contribution in [-0.4, -0.2) is 26.8 Å². The first kappa shape index (κ1) is 19.6. The molecule has 142 valence electrons. The molecule has 0 fully saturated rings. The van der Waals surface area contributed by atoms with Gasteiger partial charge in [-0.05, 0) is 43.7 Å². The maximum atomic E-state index is 6.08. The van der Waals surface area contributed by atoms with Gasteiger partial charge in [0.2, 0.25) is 0 Å². The highest BCUT2D eigenvalue weighted by Gasteiger charge is 2.32. The van der Waals surface area contributed by atoms with Gasteiger partial charge in [0.15, 0.2) is 0 Å². The van der Waals surface area contributed by atoms with Crippen molar-refractivity contribution in [3.8, 4) is 22.4 Å². The zero-order valence-electron chi connectivity index (χ0n) is 16.5. The lowest BCUT2D eigenvalue weighted by Gasteiger charge is -2.35. The molecule has 0 aliphatic heterocycles. The van der Waals surface area contributed by atoms with Crippen molar-refractivity contribution in [2.24, 2.45) is 0 Å². The molecule has 0 bridgehead atoms. The van der Waals surface area contributed by atoms with E-state index in [9.17, 15) is 0 Å². The number of benzene rings is 1. The van der Waals surface area contributed by atoms with Gasteiger partial charge in [-0.15, -0.1) is 0 Å². The van der Waals surface area contributed by atoms with Crippen LogP contribution in [0.2, 0.25) is 5.02 Å². The van der Waals surface area contributed by atoms with Crippen molar-refractivity contribution in [1.29, 1.82) is 0 Å². The molecule has 3 aromatic rings. The predicted octanol–water partition coefficient (Wildman–Crippen LogP) is 5.67. The summed E-state index contributed by atoms with van der Waals surface area (Å²) in [6.45, 7) is 11.0. The van der Waals surface area contributed by atoms with Gasteiger partial charge in [-0.3, -0.25) is 10.1 Å². The van der Waals surface area contributed by atoms with Gasteiger partial charge in [-0.25, -0.2) is 0 Å². The molecular formula is C22H27ClN4. The molecule has 2 heterocycles. The lowest BCUT2D eigenvalue weighted by molar-refractivity contribution is 0.304. The number of aromatic amines is 1. The van der Waals surface area contributed by atoms with Crippen molar-refractivity contribution < 1.29 is 0 Å². The lowest BCUT2D eigenvalue weighted by atomic mass is 9.82. The summed E-state index contributed by atoms with van der Waals surface area (Å²) in [5.74, 6) is 0.219. The summed E-state index contributed by atoms with van der Waals surface area (Å²) in [6.07, 6.45) is 3.64. The smallest absolute Gasteiger partial charge is 0.100 e. The summed E-state index contributed by atoms with van der Waals surface area (Å²) in [7, 11) is 0. The Kier molecular flexibility index (Phi) is 5.68. The molecule has 0 saturated heterocycles. The molecule has 2 N–H and O–H groups in total. The normalized spacial score (nSPS) is 13.1. The fourth-order valence-electron chi connectivity index (χ4n) is 3.53. The van der Waals surface area contributed by atoms with Crippen LogP contribution in [0.25, 0.3) is 22.4 Å². The monoisotopic (exact) mass is 382 g/mol. The number of rotatable bonds is 6. The van der Waals surface area contributed by atoms with Crippen molar-refractivity contribution in [2.45, 2.75) is 52.1 Å². The maximum Gasteiger partial charge on any atom is 0.100 e. The third-order valence-corrected chi connectivity index (χ3v) is 5.31. The molecule has 0 spiro atoms. The van der Waals surface area contributed by atoms with Gasteiger partial charge >= 0.3 is 0 Å². The SMILES string of the molecule is CC(C)NC(C)(C)C(C)c1[nH]nc(-c2ccc(Cl)cc2)c1-c1ccncc1. The number of pyridine rings is 1. The molecule has 0 radical (unpaired) electrons. The van der Waals surface area contributed by atoms with E-state index in [-0.39, 0.29) is 11.5 Å². The Hall–Kier alpha value is -2.17. The number of hydrogen-bond acceptors (Lipinski definition) is 3. The molecule has 4 nitrogen and oxygen atoms in total. The second-order valence-electron chi connectivity index (χ2n) is 7.85. The average Bonchev–Trinajstić information content (AvgIpc) is 3.06. The molecule has 0 aliphatic rings. The summed E-state index contributed by atoms with van der Waals surface area (Å²) >= 11 is 6.08. The van der Waals surface area contributed by atoms with Gasteiger partial charge in [-0.1, -0.05) is 44.5 Å². The van der Waals surface area contributed by atoms with Crippen LogP contribution in [0.4, 0.5) is 0 Å². The third-order valence-electron chi connectivity index (χ3n) is 5.06. The molecule has 27 heavy (non-hydrogen) atoms. The minimum Gasteiger partial charge on any atom is -0.309 e. The molecule has 2 aromatic heterocycles. The third kappa shape index (κ3) is 4.23. The van der Waals surface area contributed by atoms with Crippen LogP contribution in [0.5, 0.6) is 0 Å². The van der Waals surface area contributed by atoms with Crippen LogP contribution < -0.4 is 5.32 Å². The van der Waals surface area contributed by atoms with Crippen LogP contribution in [-0.2, 0) is 0 Å². The maximum absolute atomic E-state index is 6.08. The number of nitrogens with zero attached hydrogens (tertiary/aromatic N) is 2. The number of nitrogens with one attached hydrogen (secondary N) is 2. The van der Waals surface area contributed by atoms with Gasteiger partial charge < -0.3 is 5.32 Å². The number of aromatic nitrogens is 3. The van der Waals surface area contributed by atoms with Crippen LogP contribution in [0.3, 0.4) is 0 Å². The first-order valence-electron chi connectivity index (χ1n) is 9.32. The number of halogens is 1. The van der Waals surface area contributed by atoms with E-state index in [0.717, 1.165) is 33.1 Å². The van der Waals surface area contributed by atoms with E-state index in [0.29, 0.717) is 6.04 Å². The summed E-state index contributed by atoms with van der Waals surface area (Å²) in [5.41, 5.74) is 5.20. The largest absolute Gasteiger partial charge is 0.309 e. The lowest BCUT2D eigenvalue weighted by Crippen LogP contribution is -2.47. The van der Waals surface area contributed by atoms with Crippen molar-refractivity contribution >= 4 is 11.6 Å². The zero-order valence-corrected chi connectivity index (χ0v) is 17.3. The summed E-state index contributed by atoms with van der Waals surface area (Å²) < 4.78 is 0. The quantitative estimate of drug-likeness (QED) is 0.577. The van der Waals surface area contributed by atoms with E-state index in [1.54, 1.807) is 0 Å². The minimum absolute atomic E-state index is 0.0975. The zero-order chi connectivity index (χ0) is 19.6. The van der Waals surface area contributed by atoms with E-state index in [2.05, 4.69) is 55.1 Å². The summed E-state index contributed by atoms with van der Waals surface area (Å²) in [5, 5.41) is 12.4. The summed E-state index contributed by atoms with van der Waals surface area (Å²) in [6, 6.07) is 12.3. The molecule has 1 aromatic carbocycles. The highest BCUT2D eigenvalue weighted by Crippen LogP contribution is 2.39. The Morgan fingerprint density at radius 2 is 1.59 bits per heavy atom. The highest BCUT2D eigenvalue weighted by molar-refractivity contribution is 6.30. The molecule has 3 rings (SSSR count). The highest BCUT2D eigenvalue weighted by atomic mass is 35.5. The average molecular weight is 383 g/mol.